The van der Waals surface area contributed by atoms with Crippen molar-refractivity contribution in [3.05, 3.63) is 57.6 Å². The van der Waals surface area contributed by atoms with Crippen LogP contribution in [0.5, 0.6) is 0 Å². The smallest absolute Gasteiger partial charge is 0.232 e. The molecule has 2 rings (SSSR count). The van der Waals surface area contributed by atoms with Gasteiger partial charge in [0.2, 0.25) is 15.9 Å². The van der Waals surface area contributed by atoms with Crippen LogP contribution in [0.1, 0.15) is 24.0 Å². The Morgan fingerprint density at radius 1 is 1.07 bits per heavy atom. The van der Waals surface area contributed by atoms with Crippen LogP contribution in [0, 0.1) is 13.8 Å². The molecule has 0 saturated carbocycles. The highest BCUT2D eigenvalue weighted by Gasteiger charge is 2.18. The number of sulfonamides is 1. The molecule has 5 nitrogen and oxygen atoms in total. The fourth-order valence-corrected chi connectivity index (χ4v) is 3.97. The maximum Gasteiger partial charge on any atom is 0.232 e. The number of carbonyl (C=O) groups excluding carboxylic acids is 1. The first-order valence-electron chi connectivity index (χ1n) is 8.38. The number of hydrogen-bond acceptors (Lipinski definition) is 3. The van der Waals surface area contributed by atoms with E-state index in [1.807, 2.05) is 26.0 Å². The minimum absolute atomic E-state index is 0.163. The lowest BCUT2D eigenvalue weighted by atomic mass is 10.1. The Kier molecular flexibility index (Phi) is 7.14. The van der Waals surface area contributed by atoms with E-state index in [-0.39, 0.29) is 18.9 Å². The van der Waals surface area contributed by atoms with E-state index in [4.69, 9.17) is 23.2 Å². The summed E-state index contributed by atoms with van der Waals surface area (Å²) in [4.78, 5) is 12.1. The molecule has 0 aliphatic rings. The van der Waals surface area contributed by atoms with Crippen LogP contribution in [0.25, 0.3) is 0 Å². The highest BCUT2D eigenvalue weighted by atomic mass is 35.5. The number of rotatable bonds is 7. The SMILES string of the molecule is Cc1ccc(N(CCCC(=O)Nc2ccc(Cl)cc2Cl)S(C)(=O)=O)cc1C. The topological polar surface area (TPSA) is 66.5 Å². The Morgan fingerprint density at radius 3 is 2.37 bits per heavy atom. The van der Waals surface area contributed by atoms with Crippen molar-refractivity contribution in [3.8, 4) is 0 Å². The van der Waals surface area contributed by atoms with E-state index in [1.54, 1.807) is 24.3 Å². The monoisotopic (exact) mass is 428 g/mol. The van der Waals surface area contributed by atoms with E-state index in [9.17, 15) is 13.2 Å². The number of halogens is 2. The number of hydrogen-bond donors (Lipinski definition) is 1. The molecule has 1 N–H and O–H groups in total. The molecular formula is C19H22Cl2N2O3S. The third kappa shape index (κ3) is 6.13. The Balaban J connectivity index is 2.01. The summed E-state index contributed by atoms with van der Waals surface area (Å²) in [5.74, 6) is -0.243. The van der Waals surface area contributed by atoms with Gasteiger partial charge in [-0.1, -0.05) is 29.3 Å². The first-order chi connectivity index (χ1) is 12.6. The molecule has 27 heavy (non-hydrogen) atoms. The molecule has 1 amide bonds. The quantitative estimate of drug-likeness (QED) is 0.688. The summed E-state index contributed by atoms with van der Waals surface area (Å²) < 4.78 is 25.7. The molecule has 8 heteroatoms. The van der Waals surface area contributed by atoms with Gasteiger partial charge in [-0.3, -0.25) is 9.10 Å². The predicted molar refractivity (Wildman–Crippen MR) is 112 cm³/mol. The zero-order valence-corrected chi connectivity index (χ0v) is 17.7. The van der Waals surface area contributed by atoms with Crippen molar-refractivity contribution in [1.29, 1.82) is 0 Å². The standard InChI is InChI=1S/C19H22Cl2N2O3S/c1-13-6-8-16(11-14(13)2)23(27(3,25)26)10-4-5-19(24)22-18-9-7-15(20)12-17(18)21/h6-9,11-12H,4-5,10H2,1-3H3,(H,22,24). The van der Waals surface area contributed by atoms with Crippen LogP contribution in [0.3, 0.4) is 0 Å². The second-order valence-electron chi connectivity index (χ2n) is 6.38. The van der Waals surface area contributed by atoms with Crippen molar-refractivity contribution in [2.24, 2.45) is 0 Å². The molecule has 2 aromatic rings. The number of nitrogens with one attached hydrogen (secondary N) is 1. The second kappa shape index (κ2) is 8.95. The van der Waals surface area contributed by atoms with Gasteiger partial charge in [0, 0.05) is 18.0 Å². The maximum absolute atomic E-state index is 12.2. The van der Waals surface area contributed by atoms with E-state index in [2.05, 4.69) is 5.32 Å². The van der Waals surface area contributed by atoms with E-state index < -0.39 is 10.0 Å². The van der Waals surface area contributed by atoms with Crippen LogP contribution < -0.4 is 9.62 Å². The Morgan fingerprint density at radius 2 is 1.78 bits per heavy atom. The Bertz CT molecular complexity index is 946. The zero-order valence-electron chi connectivity index (χ0n) is 15.4. The lowest BCUT2D eigenvalue weighted by Crippen LogP contribution is -2.31. The number of benzene rings is 2. The third-order valence-electron chi connectivity index (χ3n) is 4.15. The second-order valence-corrected chi connectivity index (χ2v) is 9.13. The van der Waals surface area contributed by atoms with Crippen molar-refractivity contribution in [2.75, 3.05) is 22.4 Å². The lowest BCUT2D eigenvalue weighted by Gasteiger charge is -2.23. The van der Waals surface area contributed by atoms with Crippen LogP contribution in [0.15, 0.2) is 36.4 Å². The summed E-state index contributed by atoms with van der Waals surface area (Å²) in [6.07, 6.45) is 1.70. The van der Waals surface area contributed by atoms with Crippen molar-refractivity contribution in [1.82, 2.24) is 0 Å². The minimum Gasteiger partial charge on any atom is -0.325 e. The molecule has 0 saturated heterocycles. The maximum atomic E-state index is 12.2. The van der Waals surface area contributed by atoms with Crippen molar-refractivity contribution >= 4 is 50.5 Å². The van der Waals surface area contributed by atoms with Gasteiger partial charge in [0.1, 0.15) is 0 Å². The molecule has 0 unspecified atom stereocenters. The fourth-order valence-electron chi connectivity index (χ4n) is 2.55. The van der Waals surface area contributed by atoms with E-state index in [0.717, 1.165) is 17.4 Å². The summed E-state index contributed by atoms with van der Waals surface area (Å²) in [6, 6.07) is 10.3. The van der Waals surface area contributed by atoms with Gasteiger partial charge < -0.3 is 5.32 Å². The van der Waals surface area contributed by atoms with Gasteiger partial charge in [0.05, 0.1) is 22.7 Å². The number of amides is 1. The molecule has 146 valence electrons. The van der Waals surface area contributed by atoms with Crippen LogP contribution >= 0.6 is 23.2 Å². The molecule has 0 atom stereocenters. The summed E-state index contributed by atoms with van der Waals surface area (Å²) in [5, 5.41) is 3.54. The number of carbonyl (C=O) groups is 1. The van der Waals surface area contributed by atoms with Gasteiger partial charge in [-0.25, -0.2) is 8.42 Å². The average Bonchev–Trinajstić information content (AvgIpc) is 2.56. The van der Waals surface area contributed by atoms with Gasteiger partial charge in [-0.2, -0.15) is 0 Å². The lowest BCUT2D eigenvalue weighted by molar-refractivity contribution is -0.116. The highest BCUT2D eigenvalue weighted by molar-refractivity contribution is 7.92. The van der Waals surface area contributed by atoms with Gasteiger partial charge >= 0.3 is 0 Å². The summed E-state index contributed by atoms with van der Waals surface area (Å²) in [7, 11) is -3.45. The van der Waals surface area contributed by atoms with Gasteiger partial charge in [0.25, 0.3) is 0 Å². The third-order valence-corrected chi connectivity index (χ3v) is 5.89. The molecule has 0 heterocycles. The van der Waals surface area contributed by atoms with Crippen LogP contribution in [0.4, 0.5) is 11.4 Å². The van der Waals surface area contributed by atoms with Crippen LogP contribution in [0.2, 0.25) is 10.0 Å². The van der Waals surface area contributed by atoms with Crippen molar-refractivity contribution in [3.63, 3.8) is 0 Å². The molecule has 0 aliphatic carbocycles. The summed E-state index contributed by atoms with van der Waals surface area (Å²) >= 11 is 11.9. The largest absolute Gasteiger partial charge is 0.325 e. The summed E-state index contributed by atoms with van der Waals surface area (Å²) in [6.45, 7) is 4.11. The Hall–Kier alpha value is -1.76. The van der Waals surface area contributed by atoms with Gasteiger partial charge in [-0.15, -0.1) is 0 Å². The molecule has 0 aromatic heterocycles. The zero-order chi connectivity index (χ0) is 20.2. The van der Waals surface area contributed by atoms with Crippen LogP contribution in [-0.2, 0) is 14.8 Å². The first kappa shape index (κ1) is 21.5. The fraction of sp³-hybridized carbons (Fsp3) is 0.316. The molecule has 0 bridgehead atoms. The molecule has 0 aliphatic heterocycles. The number of anilines is 2. The molecule has 0 radical (unpaired) electrons. The molecular weight excluding hydrogens is 407 g/mol. The van der Waals surface area contributed by atoms with E-state index in [0.29, 0.717) is 27.8 Å². The minimum atomic E-state index is -3.45. The highest BCUT2D eigenvalue weighted by Crippen LogP contribution is 2.26. The molecule has 2 aromatic carbocycles. The number of nitrogens with zero attached hydrogens (tertiary/aromatic N) is 1. The number of aryl methyl sites for hydroxylation is 2. The average molecular weight is 429 g/mol. The van der Waals surface area contributed by atoms with Gasteiger partial charge in [-0.05, 0) is 61.7 Å². The van der Waals surface area contributed by atoms with E-state index in [1.165, 1.54) is 4.31 Å². The predicted octanol–water partition coefficient (Wildman–Crippen LogP) is 4.80. The van der Waals surface area contributed by atoms with Gasteiger partial charge in [0.15, 0.2) is 0 Å². The van der Waals surface area contributed by atoms with Crippen LogP contribution in [-0.4, -0.2) is 27.1 Å². The van der Waals surface area contributed by atoms with E-state index >= 15 is 0 Å². The molecule has 0 spiro atoms. The Labute approximate surface area is 170 Å². The first-order valence-corrected chi connectivity index (χ1v) is 11.0. The van der Waals surface area contributed by atoms with Crippen molar-refractivity contribution in [2.45, 2.75) is 26.7 Å². The van der Waals surface area contributed by atoms with Crippen molar-refractivity contribution < 1.29 is 13.2 Å². The normalized spacial score (nSPS) is 11.3. The summed E-state index contributed by atoms with van der Waals surface area (Å²) in [5.41, 5.74) is 3.17. The molecule has 0 fully saturated rings.